The Balaban J connectivity index is 1.65. The van der Waals surface area contributed by atoms with E-state index < -0.39 is 5.91 Å². The number of carbonyl (C=O) groups excluding carboxylic acids is 2. The second-order valence-electron chi connectivity index (χ2n) is 5.39. The summed E-state index contributed by atoms with van der Waals surface area (Å²) in [6.45, 7) is 1.19. The summed E-state index contributed by atoms with van der Waals surface area (Å²) < 4.78 is 24.5. The fourth-order valence-corrected chi connectivity index (χ4v) is 3.16. The number of thiazole rings is 1. The number of benzene rings is 2. The van der Waals surface area contributed by atoms with Crippen molar-refractivity contribution in [3.63, 3.8) is 0 Å². The maximum atomic E-state index is 13.2. The van der Waals surface area contributed by atoms with Gasteiger partial charge in [-0.3, -0.25) is 14.9 Å². The van der Waals surface area contributed by atoms with E-state index in [1.807, 2.05) is 0 Å². The Hall–Kier alpha value is -3.00. The number of aromatic nitrogens is 1. The van der Waals surface area contributed by atoms with Crippen molar-refractivity contribution in [2.75, 3.05) is 19.0 Å². The van der Waals surface area contributed by atoms with Gasteiger partial charge in [-0.05, 0) is 43.3 Å². The molecule has 0 aliphatic carbocycles. The number of nitrogens with one attached hydrogen (secondary N) is 1. The van der Waals surface area contributed by atoms with Crippen LogP contribution in [-0.4, -0.2) is 30.4 Å². The molecular weight excluding hydrogens is 359 g/mol. The number of ketones is 1. The van der Waals surface area contributed by atoms with Gasteiger partial charge in [-0.1, -0.05) is 11.3 Å². The third kappa shape index (κ3) is 3.97. The third-order valence-corrected chi connectivity index (χ3v) is 4.46. The standard InChI is InChI=1S/C18H15FN2O4S/c1-10(22)11-3-6-14(15(7-11)24-2)25-9-17(23)21-18-20-13-5-4-12(19)8-16(13)26-18/h3-8H,9H2,1-2H3,(H,20,21,23). The molecule has 8 heteroatoms. The molecule has 0 spiro atoms. The normalized spacial score (nSPS) is 10.6. The van der Waals surface area contributed by atoms with Crippen molar-refractivity contribution in [3.8, 4) is 11.5 Å². The summed E-state index contributed by atoms with van der Waals surface area (Å²) >= 11 is 1.17. The molecule has 0 atom stereocenters. The van der Waals surface area contributed by atoms with E-state index >= 15 is 0 Å². The van der Waals surface area contributed by atoms with E-state index in [0.717, 1.165) is 0 Å². The lowest BCUT2D eigenvalue weighted by Crippen LogP contribution is -2.20. The van der Waals surface area contributed by atoms with Crippen LogP contribution in [0, 0.1) is 5.82 Å². The Morgan fingerprint density at radius 2 is 2.00 bits per heavy atom. The molecule has 6 nitrogen and oxygen atoms in total. The molecule has 0 radical (unpaired) electrons. The molecule has 0 saturated heterocycles. The summed E-state index contributed by atoms with van der Waals surface area (Å²) in [5, 5.41) is 2.97. The molecule has 1 aromatic heterocycles. The van der Waals surface area contributed by atoms with Crippen LogP contribution in [0.1, 0.15) is 17.3 Å². The molecule has 3 aromatic rings. The predicted molar refractivity (Wildman–Crippen MR) is 96.7 cm³/mol. The summed E-state index contributed by atoms with van der Waals surface area (Å²) in [7, 11) is 1.45. The van der Waals surface area contributed by atoms with Gasteiger partial charge in [0.15, 0.2) is 29.0 Å². The summed E-state index contributed by atoms with van der Waals surface area (Å²) in [6.07, 6.45) is 0. The molecule has 0 bridgehead atoms. The van der Waals surface area contributed by atoms with E-state index in [4.69, 9.17) is 9.47 Å². The number of hydrogen-bond donors (Lipinski definition) is 1. The van der Waals surface area contributed by atoms with Gasteiger partial charge in [0.25, 0.3) is 5.91 Å². The van der Waals surface area contributed by atoms with Crippen LogP contribution in [0.3, 0.4) is 0 Å². The SMILES string of the molecule is COc1cc(C(C)=O)ccc1OCC(=O)Nc1nc2ccc(F)cc2s1. The van der Waals surface area contributed by atoms with Crippen molar-refractivity contribution >= 4 is 38.4 Å². The van der Waals surface area contributed by atoms with Crippen molar-refractivity contribution in [3.05, 3.63) is 47.8 Å². The van der Waals surface area contributed by atoms with Gasteiger partial charge < -0.3 is 9.47 Å². The first-order valence-electron chi connectivity index (χ1n) is 7.64. The van der Waals surface area contributed by atoms with Crippen molar-refractivity contribution in [1.82, 2.24) is 4.98 Å². The largest absolute Gasteiger partial charge is 0.493 e. The minimum absolute atomic E-state index is 0.0973. The highest BCUT2D eigenvalue weighted by Gasteiger charge is 2.12. The van der Waals surface area contributed by atoms with E-state index in [9.17, 15) is 14.0 Å². The second-order valence-corrected chi connectivity index (χ2v) is 6.42. The molecule has 26 heavy (non-hydrogen) atoms. The predicted octanol–water partition coefficient (Wildman–Crippen LogP) is 3.66. The number of hydrogen-bond acceptors (Lipinski definition) is 6. The molecule has 0 aliphatic heterocycles. The lowest BCUT2D eigenvalue weighted by Gasteiger charge is -2.11. The highest BCUT2D eigenvalue weighted by atomic mass is 32.1. The average molecular weight is 374 g/mol. The molecule has 0 aliphatic rings. The quantitative estimate of drug-likeness (QED) is 0.666. The molecule has 0 unspecified atom stereocenters. The van der Waals surface area contributed by atoms with Crippen LogP contribution >= 0.6 is 11.3 Å². The average Bonchev–Trinajstić information content (AvgIpc) is 3.00. The van der Waals surface area contributed by atoms with Gasteiger partial charge in [-0.25, -0.2) is 9.37 Å². The van der Waals surface area contributed by atoms with Gasteiger partial charge in [0.05, 0.1) is 17.3 Å². The smallest absolute Gasteiger partial charge is 0.264 e. The van der Waals surface area contributed by atoms with Gasteiger partial charge in [0.2, 0.25) is 0 Å². The number of nitrogens with zero attached hydrogens (tertiary/aromatic N) is 1. The number of halogens is 1. The summed E-state index contributed by atoms with van der Waals surface area (Å²) in [4.78, 5) is 27.7. The van der Waals surface area contributed by atoms with E-state index in [2.05, 4.69) is 10.3 Å². The Bertz CT molecular complexity index is 986. The molecule has 0 saturated carbocycles. The van der Waals surface area contributed by atoms with Crippen molar-refractivity contribution < 1.29 is 23.5 Å². The highest BCUT2D eigenvalue weighted by molar-refractivity contribution is 7.22. The van der Waals surface area contributed by atoms with E-state index in [-0.39, 0.29) is 18.2 Å². The summed E-state index contributed by atoms with van der Waals surface area (Å²) in [5.41, 5.74) is 1.09. The number of ether oxygens (including phenoxy) is 2. The maximum Gasteiger partial charge on any atom is 0.264 e. The zero-order chi connectivity index (χ0) is 18.7. The van der Waals surface area contributed by atoms with Crippen LogP contribution in [0.2, 0.25) is 0 Å². The Morgan fingerprint density at radius 3 is 2.73 bits per heavy atom. The Morgan fingerprint density at radius 1 is 1.19 bits per heavy atom. The number of rotatable bonds is 6. The van der Waals surface area contributed by atoms with Gasteiger partial charge in [-0.2, -0.15) is 0 Å². The zero-order valence-electron chi connectivity index (χ0n) is 14.0. The fourth-order valence-electron chi connectivity index (χ4n) is 2.26. The van der Waals surface area contributed by atoms with Crippen LogP contribution in [0.4, 0.5) is 9.52 Å². The summed E-state index contributed by atoms with van der Waals surface area (Å²) in [5.74, 6) is -0.162. The van der Waals surface area contributed by atoms with Gasteiger partial charge in [0, 0.05) is 5.56 Å². The van der Waals surface area contributed by atoms with Gasteiger partial charge in [-0.15, -0.1) is 0 Å². The van der Waals surface area contributed by atoms with Crippen LogP contribution in [0.25, 0.3) is 10.2 Å². The third-order valence-electron chi connectivity index (χ3n) is 3.53. The molecule has 1 heterocycles. The van der Waals surface area contributed by atoms with Crippen molar-refractivity contribution in [1.29, 1.82) is 0 Å². The van der Waals surface area contributed by atoms with Gasteiger partial charge >= 0.3 is 0 Å². The van der Waals surface area contributed by atoms with Crippen LogP contribution in [0.5, 0.6) is 11.5 Å². The number of anilines is 1. The monoisotopic (exact) mass is 374 g/mol. The molecule has 1 amide bonds. The molecule has 134 valence electrons. The number of Topliss-reactive ketones (excluding diaryl/α,β-unsaturated/α-hetero) is 1. The second kappa shape index (κ2) is 7.49. The number of amides is 1. The topological polar surface area (TPSA) is 77.5 Å². The van der Waals surface area contributed by atoms with Crippen LogP contribution in [-0.2, 0) is 4.79 Å². The minimum atomic E-state index is -0.415. The maximum absolute atomic E-state index is 13.2. The summed E-state index contributed by atoms with van der Waals surface area (Å²) in [6, 6.07) is 8.95. The van der Waals surface area contributed by atoms with E-state index in [1.54, 1.807) is 24.3 Å². The van der Waals surface area contributed by atoms with Gasteiger partial charge in [0.1, 0.15) is 5.82 Å². The first kappa shape index (κ1) is 17.8. The first-order valence-corrected chi connectivity index (χ1v) is 8.45. The Labute approximate surface area is 152 Å². The minimum Gasteiger partial charge on any atom is -0.493 e. The molecule has 0 fully saturated rings. The lowest BCUT2D eigenvalue weighted by molar-refractivity contribution is -0.118. The number of fused-ring (bicyclic) bond motifs is 1. The van der Waals surface area contributed by atoms with Crippen molar-refractivity contribution in [2.24, 2.45) is 0 Å². The van der Waals surface area contributed by atoms with Crippen LogP contribution in [0.15, 0.2) is 36.4 Å². The highest BCUT2D eigenvalue weighted by Crippen LogP contribution is 2.29. The number of methoxy groups -OCH3 is 1. The molecule has 2 aromatic carbocycles. The Kier molecular flexibility index (Phi) is 5.13. The molecule has 1 N–H and O–H groups in total. The molecule has 3 rings (SSSR count). The van der Waals surface area contributed by atoms with E-state index in [1.165, 1.54) is 37.5 Å². The fraction of sp³-hybridized carbons (Fsp3) is 0.167. The lowest BCUT2D eigenvalue weighted by atomic mass is 10.1. The van der Waals surface area contributed by atoms with E-state index in [0.29, 0.717) is 32.4 Å². The number of carbonyl (C=O) groups is 2. The molecular formula is C18H15FN2O4S. The van der Waals surface area contributed by atoms with Crippen LogP contribution < -0.4 is 14.8 Å². The zero-order valence-corrected chi connectivity index (χ0v) is 14.9. The first-order chi connectivity index (χ1) is 12.5. The van der Waals surface area contributed by atoms with Crippen molar-refractivity contribution in [2.45, 2.75) is 6.92 Å².